The highest BCUT2D eigenvalue weighted by Gasteiger charge is 2.20. The number of carbonyl (C=O) groups is 2. The molecule has 0 aromatic heterocycles. The predicted octanol–water partition coefficient (Wildman–Crippen LogP) is 2.38. The highest BCUT2D eigenvalue weighted by molar-refractivity contribution is 5.80. The molecule has 0 bridgehead atoms. The lowest BCUT2D eigenvalue weighted by atomic mass is 10.1. The number of rotatable bonds is 8. The fraction of sp³-hybridized carbons (Fsp3) is 0.846. The number of nitrogens with one attached hydrogen (secondary N) is 1. The topological polar surface area (TPSA) is 117 Å². The Morgan fingerprint density at radius 3 is 2.50 bits per heavy atom. The number of nitrogens with zero attached hydrogens (tertiary/aromatic N) is 4. The molecule has 0 aromatic carbocycles. The maximum absolute atomic E-state index is 11.8. The second kappa shape index (κ2) is 9.86. The van der Waals surface area contributed by atoms with E-state index in [1.807, 2.05) is 0 Å². The van der Waals surface area contributed by atoms with Crippen LogP contribution in [0.15, 0.2) is 5.11 Å². The average Bonchev–Trinajstić information content (AvgIpc) is 2.42. The summed E-state index contributed by atoms with van der Waals surface area (Å²) in [4.78, 5) is 30.7. The molecular formula is C13H25N5O4. The number of likely N-dealkylation sites (N-methyl/N-ethyl adjacent to an activating group) is 1. The van der Waals surface area contributed by atoms with Crippen LogP contribution in [-0.2, 0) is 14.4 Å². The number of hydroxylamine groups is 2. The standard InChI is InChI=1S/C13H25N5O4/c1-13(2,3)22-12(20)15-9-7-6-8-10(16-17-14)11(19)18(4)21-5/h10H,6-9H2,1-5H3,(H,15,20)/t10-/m0/s1. The molecule has 0 saturated carbocycles. The molecule has 2 amide bonds. The van der Waals surface area contributed by atoms with Crippen molar-refractivity contribution in [2.24, 2.45) is 5.11 Å². The van der Waals surface area contributed by atoms with Crippen molar-refractivity contribution in [1.29, 1.82) is 0 Å². The third kappa shape index (κ3) is 9.04. The molecule has 0 aliphatic rings. The summed E-state index contributed by atoms with van der Waals surface area (Å²) in [5.74, 6) is -0.402. The summed E-state index contributed by atoms with van der Waals surface area (Å²) in [6.07, 6.45) is 1.16. The van der Waals surface area contributed by atoms with Crippen LogP contribution < -0.4 is 5.32 Å². The quantitative estimate of drug-likeness (QED) is 0.243. The van der Waals surface area contributed by atoms with Crippen molar-refractivity contribution < 1.29 is 19.2 Å². The summed E-state index contributed by atoms with van der Waals surface area (Å²) < 4.78 is 5.09. The van der Waals surface area contributed by atoms with E-state index in [0.717, 1.165) is 5.06 Å². The number of azide groups is 1. The first-order valence-electron chi connectivity index (χ1n) is 7.04. The normalized spacial score (nSPS) is 12.0. The van der Waals surface area contributed by atoms with Gasteiger partial charge in [0.05, 0.1) is 7.11 Å². The van der Waals surface area contributed by atoms with E-state index in [1.54, 1.807) is 20.8 Å². The van der Waals surface area contributed by atoms with Gasteiger partial charge in [0, 0.05) is 18.5 Å². The lowest BCUT2D eigenvalue weighted by Crippen LogP contribution is -2.35. The SMILES string of the molecule is CON(C)C(=O)[C@H](CCCCNC(=O)OC(C)(C)C)N=[N+]=[N-]. The van der Waals surface area contributed by atoms with Crippen molar-refractivity contribution in [2.45, 2.75) is 51.7 Å². The Bertz CT molecular complexity index is 415. The first kappa shape index (κ1) is 20.0. The van der Waals surface area contributed by atoms with Crippen LogP contribution in [0.25, 0.3) is 10.4 Å². The van der Waals surface area contributed by atoms with Crippen LogP contribution in [0.2, 0.25) is 0 Å². The third-order valence-electron chi connectivity index (χ3n) is 2.63. The van der Waals surface area contributed by atoms with E-state index in [-0.39, 0.29) is 0 Å². The van der Waals surface area contributed by atoms with Crippen molar-refractivity contribution in [2.75, 3.05) is 20.7 Å². The van der Waals surface area contributed by atoms with Crippen LogP contribution in [0, 0.1) is 0 Å². The second-order valence-corrected chi connectivity index (χ2v) is 5.66. The molecule has 0 heterocycles. The molecule has 9 nitrogen and oxygen atoms in total. The summed E-state index contributed by atoms with van der Waals surface area (Å²) in [5.41, 5.74) is 7.96. The van der Waals surface area contributed by atoms with Gasteiger partial charge in [-0.15, -0.1) is 0 Å². The first-order valence-corrected chi connectivity index (χ1v) is 7.04. The molecule has 0 unspecified atom stereocenters. The van der Waals surface area contributed by atoms with E-state index in [9.17, 15) is 9.59 Å². The van der Waals surface area contributed by atoms with E-state index < -0.39 is 23.6 Å². The van der Waals surface area contributed by atoms with Crippen molar-refractivity contribution in [3.05, 3.63) is 10.4 Å². The Balaban J connectivity index is 4.08. The number of carbonyl (C=O) groups excluding carboxylic acids is 2. The lowest BCUT2D eigenvalue weighted by Gasteiger charge is -2.20. The highest BCUT2D eigenvalue weighted by atomic mass is 16.7. The Morgan fingerprint density at radius 2 is 2.00 bits per heavy atom. The van der Waals surface area contributed by atoms with Gasteiger partial charge < -0.3 is 10.1 Å². The van der Waals surface area contributed by atoms with Crippen molar-refractivity contribution in [3.8, 4) is 0 Å². The van der Waals surface area contributed by atoms with Crippen molar-refractivity contribution >= 4 is 12.0 Å². The van der Waals surface area contributed by atoms with Gasteiger partial charge in [-0.2, -0.15) is 0 Å². The number of hydrogen-bond donors (Lipinski definition) is 1. The molecule has 0 rings (SSSR count). The van der Waals surface area contributed by atoms with Crippen LogP contribution >= 0.6 is 0 Å². The number of ether oxygens (including phenoxy) is 1. The minimum atomic E-state index is -0.809. The van der Waals surface area contributed by atoms with Gasteiger partial charge in [0.25, 0.3) is 5.91 Å². The molecule has 22 heavy (non-hydrogen) atoms. The Kier molecular flexibility index (Phi) is 8.97. The highest BCUT2D eigenvalue weighted by Crippen LogP contribution is 2.09. The molecule has 9 heteroatoms. The molecule has 0 spiro atoms. The lowest BCUT2D eigenvalue weighted by molar-refractivity contribution is -0.170. The van der Waals surface area contributed by atoms with Crippen LogP contribution in [0.3, 0.4) is 0 Å². The molecule has 1 N–H and O–H groups in total. The van der Waals surface area contributed by atoms with Gasteiger partial charge in [0.2, 0.25) is 0 Å². The minimum absolute atomic E-state index is 0.382. The summed E-state index contributed by atoms with van der Waals surface area (Å²) >= 11 is 0. The van der Waals surface area contributed by atoms with Crippen LogP contribution in [-0.4, -0.2) is 49.4 Å². The van der Waals surface area contributed by atoms with Crippen LogP contribution in [0.1, 0.15) is 40.0 Å². The molecule has 1 atom stereocenters. The number of amides is 2. The van der Waals surface area contributed by atoms with E-state index in [4.69, 9.17) is 15.1 Å². The second-order valence-electron chi connectivity index (χ2n) is 5.66. The number of alkyl carbamates (subject to hydrolysis) is 1. The molecule has 0 saturated heterocycles. The molecule has 0 radical (unpaired) electrons. The molecule has 0 aliphatic carbocycles. The fourth-order valence-corrected chi connectivity index (χ4v) is 1.56. The molecule has 0 aliphatic heterocycles. The maximum Gasteiger partial charge on any atom is 0.407 e. The van der Waals surface area contributed by atoms with Gasteiger partial charge in [-0.3, -0.25) is 9.63 Å². The predicted molar refractivity (Wildman–Crippen MR) is 80.8 cm³/mol. The van der Waals surface area contributed by atoms with Gasteiger partial charge in [-0.1, -0.05) is 11.5 Å². The van der Waals surface area contributed by atoms with Gasteiger partial charge in [0.1, 0.15) is 11.6 Å². The van der Waals surface area contributed by atoms with Gasteiger partial charge in [-0.25, -0.2) is 9.86 Å². The molecule has 126 valence electrons. The zero-order valence-corrected chi connectivity index (χ0v) is 13.8. The van der Waals surface area contributed by atoms with Gasteiger partial charge >= 0.3 is 6.09 Å². The molecule has 0 fully saturated rings. The Labute approximate surface area is 130 Å². The minimum Gasteiger partial charge on any atom is -0.444 e. The summed E-state index contributed by atoms with van der Waals surface area (Å²) in [6, 6.07) is -0.809. The van der Waals surface area contributed by atoms with E-state index >= 15 is 0 Å². The third-order valence-corrected chi connectivity index (χ3v) is 2.63. The van der Waals surface area contributed by atoms with E-state index in [0.29, 0.717) is 25.8 Å². The van der Waals surface area contributed by atoms with Crippen molar-refractivity contribution in [1.82, 2.24) is 10.4 Å². The summed E-state index contributed by atoms with van der Waals surface area (Å²) in [6.45, 7) is 5.78. The number of unbranched alkanes of at least 4 members (excludes halogenated alkanes) is 1. The maximum atomic E-state index is 11.8. The van der Waals surface area contributed by atoms with Gasteiger partial charge in [-0.05, 0) is 39.1 Å². The fourth-order valence-electron chi connectivity index (χ4n) is 1.56. The zero-order chi connectivity index (χ0) is 17.2. The summed E-state index contributed by atoms with van der Waals surface area (Å²) in [7, 11) is 2.81. The zero-order valence-electron chi connectivity index (χ0n) is 13.8. The monoisotopic (exact) mass is 315 g/mol. The van der Waals surface area contributed by atoms with Gasteiger partial charge in [0.15, 0.2) is 0 Å². The largest absolute Gasteiger partial charge is 0.444 e. The van der Waals surface area contributed by atoms with E-state index in [1.165, 1.54) is 14.2 Å². The van der Waals surface area contributed by atoms with Crippen molar-refractivity contribution in [3.63, 3.8) is 0 Å². The summed E-state index contributed by atoms with van der Waals surface area (Å²) in [5, 5.41) is 7.12. The molecular weight excluding hydrogens is 290 g/mol. The smallest absolute Gasteiger partial charge is 0.407 e. The first-order chi connectivity index (χ1) is 10.2. The Morgan fingerprint density at radius 1 is 1.36 bits per heavy atom. The van der Waals surface area contributed by atoms with Crippen LogP contribution in [0.4, 0.5) is 4.79 Å². The number of hydrogen-bond acceptors (Lipinski definition) is 5. The Hall–Kier alpha value is -1.99. The van der Waals surface area contributed by atoms with Crippen LogP contribution in [0.5, 0.6) is 0 Å². The molecule has 0 aromatic rings. The average molecular weight is 315 g/mol. The van der Waals surface area contributed by atoms with E-state index in [2.05, 4.69) is 15.3 Å².